The van der Waals surface area contributed by atoms with Gasteiger partial charge in [0.15, 0.2) is 5.70 Å². The van der Waals surface area contributed by atoms with Gasteiger partial charge in [-0.2, -0.15) is 0 Å². The number of cyclic esters (lactones) is 1. The Labute approximate surface area is 156 Å². The fourth-order valence-corrected chi connectivity index (χ4v) is 2.78. The van der Waals surface area contributed by atoms with Crippen LogP contribution in [0.25, 0.3) is 6.08 Å². The van der Waals surface area contributed by atoms with Crippen LogP contribution in [0.2, 0.25) is 15.1 Å². The highest BCUT2D eigenvalue weighted by molar-refractivity contribution is 6.37. The van der Waals surface area contributed by atoms with Crippen LogP contribution in [-0.2, 0) is 9.53 Å². The van der Waals surface area contributed by atoms with Crippen molar-refractivity contribution in [2.24, 2.45) is 4.99 Å². The Morgan fingerprint density at radius 2 is 1.84 bits per heavy atom. The number of halogens is 3. The summed E-state index contributed by atoms with van der Waals surface area (Å²) in [4.78, 5) is 26.4. The zero-order valence-corrected chi connectivity index (χ0v) is 14.5. The highest BCUT2D eigenvalue weighted by atomic mass is 35.5. The lowest BCUT2D eigenvalue weighted by atomic mass is 10.1. The molecule has 0 fully saturated rings. The van der Waals surface area contributed by atoms with E-state index < -0.39 is 10.9 Å². The Kier molecular flexibility index (Phi) is 4.76. The second-order valence-corrected chi connectivity index (χ2v) is 6.18. The number of esters is 1. The molecule has 1 heterocycles. The van der Waals surface area contributed by atoms with Crippen LogP contribution in [0.5, 0.6) is 0 Å². The molecule has 25 heavy (non-hydrogen) atoms. The average molecular weight is 398 g/mol. The monoisotopic (exact) mass is 396 g/mol. The van der Waals surface area contributed by atoms with Gasteiger partial charge in [0.05, 0.1) is 15.5 Å². The largest absolute Gasteiger partial charge is 0.402 e. The molecular formula is C16H7Cl3N2O4. The van der Waals surface area contributed by atoms with Crippen LogP contribution in [0.1, 0.15) is 11.1 Å². The molecule has 0 spiro atoms. The molecule has 0 saturated carbocycles. The molecule has 0 saturated heterocycles. The normalized spacial score (nSPS) is 15.2. The molecule has 0 bridgehead atoms. The van der Waals surface area contributed by atoms with Gasteiger partial charge in [-0.25, -0.2) is 9.79 Å². The third-order valence-corrected chi connectivity index (χ3v) is 4.12. The van der Waals surface area contributed by atoms with E-state index in [0.29, 0.717) is 16.1 Å². The summed E-state index contributed by atoms with van der Waals surface area (Å²) in [6.45, 7) is 0. The van der Waals surface area contributed by atoms with Crippen LogP contribution in [-0.4, -0.2) is 16.8 Å². The number of carbonyl (C=O) groups excluding carboxylic acids is 1. The van der Waals surface area contributed by atoms with E-state index in [2.05, 4.69) is 4.99 Å². The van der Waals surface area contributed by atoms with Crippen molar-refractivity contribution in [3.8, 4) is 0 Å². The minimum absolute atomic E-state index is 0.00159. The number of hydrogen-bond donors (Lipinski definition) is 0. The maximum atomic E-state index is 12.0. The van der Waals surface area contributed by atoms with Crippen molar-refractivity contribution < 1.29 is 14.5 Å². The Hall–Kier alpha value is -2.41. The van der Waals surface area contributed by atoms with Gasteiger partial charge in [-0.1, -0.05) is 40.9 Å². The van der Waals surface area contributed by atoms with Crippen molar-refractivity contribution in [3.05, 3.63) is 78.4 Å². The maximum Gasteiger partial charge on any atom is 0.363 e. The summed E-state index contributed by atoms with van der Waals surface area (Å²) >= 11 is 17.7. The molecule has 0 aliphatic carbocycles. The van der Waals surface area contributed by atoms with Crippen LogP contribution < -0.4 is 0 Å². The van der Waals surface area contributed by atoms with Crippen molar-refractivity contribution in [2.45, 2.75) is 0 Å². The van der Waals surface area contributed by atoms with Crippen molar-refractivity contribution in [3.63, 3.8) is 0 Å². The van der Waals surface area contributed by atoms with E-state index in [1.165, 1.54) is 30.3 Å². The van der Waals surface area contributed by atoms with Crippen molar-refractivity contribution in [2.75, 3.05) is 0 Å². The van der Waals surface area contributed by atoms with E-state index in [1.54, 1.807) is 12.1 Å². The molecule has 0 aromatic heterocycles. The molecule has 0 amide bonds. The molecule has 1 aliphatic rings. The van der Waals surface area contributed by atoms with Gasteiger partial charge in [-0.15, -0.1) is 0 Å². The Morgan fingerprint density at radius 3 is 2.52 bits per heavy atom. The summed E-state index contributed by atoms with van der Waals surface area (Å²) in [6.07, 6.45) is 1.36. The van der Waals surface area contributed by atoms with Gasteiger partial charge in [0.25, 0.3) is 5.69 Å². The fraction of sp³-hybridized carbons (Fsp3) is 0. The lowest BCUT2D eigenvalue weighted by Gasteiger charge is -2.02. The SMILES string of the molecule is O=C1OC(c2ccc(Cl)cc2Cl)=N/C1=C\c1ccc(Cl)c([N+](=O)[O-])c1. The van der Waals surface area contributed by atoms with Crippen molar-refractivity contribution in [1.82, 2.24) is 0 Å². The van der Waals surface area contributed by atoms with E-state index in [1.807, 2.05) is 0 Å². The molecule has 9 heteroatoms. The van der Waals surface area contributed by atoms with Gasteiger partial charge < -0.3 is 4.74 Å². The van der Waals surface area contributed by atoms with E-state index in [4.69, 9.17) is 39.5 Å². The smallest absolute Gasteiger partial charge is 0.363 e. The number of aliphatic imine (C=N–C) groups is 1. The highest BCUT2D eigenvalue weighted by Crippen LogP contribution is 2.29. The highest BCUT2D eigenvalue weighted by Gasteiger charge is 2.26. The standard InChI is InChI=1S/C16H7Cl3N2O4/c17-9-2-3-10(12(19)7-9)15-20-13(16(22)25-15)5-8-1-4-11(18)14(6-8)21(23)24/h1-7H/b13-5-. The zero-order chi connectivity index (χ0) is 18.1. The molecule has 0 atom stereocenters. The second kappa shape index (κ2) is 6.84. The van der Waals surface area contributed by atoms with Crippen LogP contribution in [0.3, 0.4) is 0 Å². The summed E-state index contributed by atoms with van der Waals surface area (Å²) in [6, 6.07) is 8.80. The predicted octanol–water partition coefficient (Wildman–Crippen LogP) is 4.90. The van der Waals surface area contributed by atoms with E-state index in [-0.39, 0.29) is 27.3 Å². The van der Waals surface area contributed by atoms with E-state index in [0.717, 1.165) is 0 Å². The molecule has 0 N–H and O–H groups in total. The molecule has 2 aromatic rings. The number of hydrogen-bond acceptors (Lipinski definition) is 5. The Bertz CT molecular complexity index is 970. The van der Waals surface area contributed by atoms with Gasteiger partial charge in [0.1, 0.15) is 5.02 Å². The first-order valence-corrected chi connectivity index (χ1v) is 7.90. The zero-order valence-electron chi connectivity index (χ0n) is 12.2. The van der Waals surface area contributed by atoms with Crippen LogP contribution in [0, 0.1) is 10.1 Å². The van der Waals surface area contributed by atoms with Gasteiger partial charge in [-0.3, -0.25) is 10.1 Å². The third-order valence-electron chi connectivity index (χ3n) is 3.25. The first kappa shape index (κ1) is 17.4. The number of rotatable bonds is 3. The topological polar surface area (TPSA) is 81.8 Å². The van der Waals surface area contributed by atoms with Crippen LogP contribution in [0.4, 0.5) is 5.69 Å². The van der Waals surface area contributed by atoms with Crippen LogP contribution >= 0.6 is 34.8 Å². The lowest BCUT2D eigenvalue weighted by molar-refractivity contribution is -0.384. The van der Waals surface area contributed by atoms with E-state index in [9.17, 15) is 14.9 Å². The molecule has 126 valence electrons. The molecule has 3 rings (SSSR count). The summed E-state index contributed by atoms with van der Waals surface area (Å²) in [5.41, 5.74) is 0.505. The summed E-state index contributed by atoms with van der Waals surface area (Å²) < 4.78 is 5.11. The Balaban J connectivity index is 1.99. The minimum Gasteiger partial charge on any atom is -0.402 e. The second-order valence-electron chi connectivity index (χ2n) is 4.93. The third kappa shape index (κ3) is 3.66. The molecule has 0 radical (unpaired) electrons. The molecule has 1 aliphatic heterocycles. The van der Waals surface area contributed by atoms with Gasteiger partial charge in [0.2, 0.25) is 5.90 Å². The molecule has 6 nitrogen and oxygen atoms in total. The minimum atomic E-state index is -0.696. The fourth-order valence-electron chi connectivity index (χ4n) is 2.10. The molecular weight excluding hydrogens is 391 g/mol. The summed E-state index contributed by atoms with van der Waals surface area (Å²) in [5.74, 6) is -0.667. The van der Waals surface area contributed by atoms with Crippen molar-refractivity contribution >= 4 is 58.4 Å². The number of nitro benzene ring substituents is 1. The van der Waals surface area contributed by atoms with Gasteiger partial charge >= 0.3 is 5.97 Å². The number of nitrogens with zero attached hydrogens (tertiary/aromatic N) is 2. The maximum absolute atomic E-state index is 12.0. The number of carbonyl (C=O) groups is 1. The van der Waals surface area contributed by atoms with Gasteiger partial charge in [-0.05, 0) is 35.9 Å². The van der Waals surface area contributed by atoms with Crippen molar-refractivity contribution in [1.29, 1.82) is 0 Å². The number of benzene rings is 2. The lowest BCUT2D eigenvalue weighted by Crippen LogP contribution is -2.05. The first-order valence-electron chi connectivity index (χ1n) is 6.77. The number of nitro groups is 1. The molecule has 2 aromatic carbocycles. The average Bonchev–Trinajstić information content (AvgIpc) is 2.89. The Morgan fingerprint density at radius 1 is 1.08 bits per heavy atom. The van der Waals surface area contributed by atoms with Gasteiger partial charge in [0, 0.05) is 11.1 Å². The summed E-state index contributed by atoms with van der Waals surface area (Å²) in [5, 5.41) is 11.6. The first-order chi connectivity index (χ1) is 11.8. The number of ether oxygens (including phenoxy) is 1. The van der Waals surface area contributed by atoms with Crippen LogP contribution in [0.15, 0.2) is 47.1 Å². The molecule has 0 unspecified atom stereocenters. The van der Waals surface area contributed by atoms with E-state index >= 15 is 0 Å². The summed E-state index contributed by atoms with van der Waals surface area (Å²) in [7, 11) is 0. The quantitative estimate of drug-likeness (QED) is 0.319. The predicted molar refractivity (Wildman–Crippen MR) is 95.2 cm³/mol.